The maximum atomic E-state index is 12.1. The van der Waals surface area contributed by atoms with E-state index in [0.29, 0.717) is 12.2 Å². The molecule has 138 valence electrons. The fourth-order valence-corrected chi connectivity index (χ4v) is 2.20. The van der Waals surface area contributed by atoms with E-state index in [1.54, 1.807) is 18.3 Å². The van der Waals surface area contributed by atoms with Gasteiger partial charge in [-0.05, 0) is 25.6 Å². The molecule has 1 amide bonds. The molecular formula is C15H21Cl2N5O3. The van der Waals surface area contributed by atoms with Gasteiger partial charge in [0.1, 0.15) is 5.69 Å². The molecule has 0 radical (unpaired) electrons. The average Bonchev–Trinajstić information content (AvgIpc) is 3.06. The fourth-order valence-electron chi connectivity index (χ4n) is 2.20. The first-order valence-electron chi connectivity index (χ1n) is 7.31. The maximum absolute atomic E-state index is 12.1. The number of carbonyl (C=O) groups excluding carboxylic acids is 1. The van der Waals surface area contributed by atoms with Crippen molar-refractivity contribution in [1.82, 2.24) is 20.2 Å². The number of aromatic nitrogens is 2. The van der Waals surface area contributed by atoms with Gasteiger partial charge in [-0.3, -0.25) is 14.9 Å². The topological polar surface area (TPSA) is 102 Å². The largest absolute Gasteiger partial charge is 0.350 e. The van der Waals surface area contributed by atoms with Crippen molar-refractivity contribution in [3.05, 3.63) is 52.6 Å². The van der Waals surface area contributed by atoms with Gasteiger partial charge in [0, 0.05) is 36.6 Å². The van der Waals surface area contributed by atoms with E-state index in [9.17, 15) is 14.9 Å². The van der Waals surface area contributed by atoms with Crippen LogP contribution in [0.1, 0.15) is 24.2 Å². The van der Waals surface area contributed by atoms with Crippen LogP contribution < -0.4 is 10.6 Å². The number of nitro benzene ring substituents is 1. The SMILES string of the molecule is CCN[C@H](C)CNC(=O)c1ccc(-n2ccnc2)c([N+](=O)[O-])c1.Cl.Cl. The molecule has 0 aliphatic heterocycles. The zero-order valence-corrected chi connectivity index (χ0v) is 15.5. The van der Waals surface area contributed by atoms with Crippen LogP contribution in [0.25, 0.3) is 5.69 Å². The lowest BCUT2D eigenvalue weighted by Crippen LogP contribution is -2.38. The van der Waals surface area contributed by atoms with Crippen molar-refractivity contribution >= 4 is 36.4 Å². The van der Waals surface area contributed by atoms with E-state index in [4.69, 9.17) is 0 Å². The van der Waals surface area contributed by atoms with Gasteiger partial charge < -0.3 is 15.2 Å². The lowest BCUT2D eigenvalue weighted by molar-refractivity contribution is -0.384. The minimum atomic E-state index is -0.507. The summed E-state index contributed by atoms with van der Waals surface area (Å²) in [4.78, 5) is 26.8. The average molecular weight is 390 g/mol. The molecule has 1 heterocycles. The van der Waals surface area contributed by atoms with Crippen LogP contribution in [0.2, 0.25) is 0 Å². The Morgan fingerprint density at radius 2 is 2.12 bits per heavy atom. The molecule has 0 aliphatic rings. The normalized spacial score (nSPS) is 11.0. The minimum absolute atomic E-state index is 0. The number of carbonyl (C=O) groups is 1. The summed E-state index contributed by atoms with van der Waals surface area (Å²) in [6.07, 6.45) is 4.62. The van der Waals surface area contributed by atoms with Crippen molar-refractivity contribution in [1.29, 1.82) is 0 Å². The van der Waals surface area contributed by atoms with Crippen LogP contribution in [0.5, 0.6) is 0 Å². The van der Waals surface area contributed by atoms with E-state index in [2.05, 4.69) is 15.6 Å². The maximum Gasteiger partial charge on any atom is 0.294 e. The molecule has 0 unspecified atom stereocenters. The number of imidazole rings is 1. The van der Waals surface area contributed by atoms with Crippen molar-refractivity contribution in [3.63, 3.8) is 0 Å². The summed E-state index contributed by atoms with van der Waals surface area (Å²) in [6, 6.07) is 4.52. The summed E-state index contributed by atoms with van der Waals surface area (Å²) in [5.74, 6) is -0.338. The molecule has 25 heavy (non-hydrogen) atoms. The molecule has 1 atom stereocenters. The monoisotopic (exact) mass is 389 g/mol. The standard InChI is InChI=1S/C15H19N5O3.2ClH/c1-3-17-11(2)9-18-15(21)12-4-5-13(14(8-12)20(22)23)19-7-6-16-10-19;;/h4-8,10-11,17H,3,9H2,1-2H3,(H,18,21);2*1H/t11-;;/m1../s1. The Bertz CT molecular complexity index is 694. The highest BCUT2D eigenvalue weighted by Crippen LogP contribution is 2.24. The zero-order valence-electron chi connectivity index (χ0n) is 13.8. The molecule has 0 bridgehead atoms. The predicted molar refractivity (Wildman–Crippen MR) is 100 cm³/mol. The highest BCUT2D eigenvalue weighted by atomic mass is 35.5. The number of hydrogen-bond donors (Lipinski definition) is 2. The summed E-state index contributed by atoms with van der Waals surface area (Å²) in [6.45, 7) is 5.19. The summed E-state index contributed by atoms with van der Waals surface area (Å²) in [7, 11) is 0. The number of amides is 1. The quantitative estimate of drug-likeness (QED) is 0.558. The minimum Gasteiger partial charge on any atom is -0.350 e. The van der Waals surface area contributed by atoms with Crippen LogP contribution in [-0.4, -0.2) is 39.5 Å². The lowest BCUT2D eigenvalue weighted by Gasteiger charge is -2.13. The molecule has 0 spiro atoms. The Morgan fingerprint density at radius 3 is 2.68 bits per heavy atom. The van der Waals surface area contributed by atoms with Crippen molar-refractivity contribution in [2.75, 3.05) is 13.1 Å². The Labute approximate surface area is 158 Å². The highest BCUT2D eigenvalue weighted by molar-refractivity contribution is 5.95. The molecule has 1 aromatic carbocycles. The summed E-state index contributed by atoms with van der Waals surface area (Å²) >= 11 is 0. The molecule has 0 fully saturated rings. The first-order valence-corrected chi connectivity index (χ1v) is 7.31. The van der Waals surface area contributed by atoms with Crippen molar-refractivity contribution in [3.8, 4) is 5.69 Å². The van der Waals surface area contributed by atoms with Gasteiger partial charge in [-0.2, -0.15) is 0 Å². The van der Waals surface area contributed by atoms with Gasteiger partial charge in [0.05, 0.1) is 11.3 Å². The fraction of sp³-hybridized carbons (Fsp3) is 0.333. The van der Waals surface area contributed by atoms with E-state index in [1.807, 2.05) is 13.8 Å². The second-order valence-electron chi connectivity index (χ2n) is 5.10. The van der Waals surface area contributed by atoms with Gasteiger partial charge in [0.2, 0.25) is 0 Å². The molecule has 0 saturated heterocycles. The number of likely N-dealkylation sites (N-methyl/N-ethyl adjacent to an activating group) is 1. The summed E-state index contributed by atoms with van der Waals surface area (Å²) in [5.41, 5.74) is 0.477. The molecule has 2 aromatic rings. The van der Waals surface area contributed by atoms with Gasteiger partial charge in [0.25, 0.3) is 11.6 Å². The smallest absolute Gasteiger partial charge is 0.294 e. The molecule has 0 saturated carbocycles. The second-order valence-corrected chi connectivity index (χ2v) is 5.10. The van der Waals surface area contributed by atoms with Crippen molar-refractivity contribution < 1.29 is 9.72 Å². The third-order valence-corrected chi connectivity index (χ3v) is 3.34. The molecule has 10 heteroatoms. The van der Waals surface area contributed by atoms with Gasteiger partial charge in [-0.25, -0.2) is 4.98 Å². The third-order valence-electron chi connectivity index (χ3n) is 3.34. The molecule has 1 aromatic heterocycles. The second kappa shape index (κ2) is 10.7. The van der Waals surface area contributed by atoms with Gasteiger partial charge in [-0.1, -0.05) is 6.92 Å². The number of nitrogens with one attached hydrogen (secondary N) is 2. The van der Waals surface area contributed by atoms with Crippen LogP contribution in [0, 0.1) is 10.1 Å². The number of benzene rings is 1. The first kappa shape index (κ1) is 22.8. The van der Waals surface area contributed by atoms with Crippen LogP contribution >= 0.6 is 24.8 Å². The summed E-state index contributed by atoms with van der Waals surface area (Å²) in [5, 5.41) is 17.2. The molecule has 2 N–H and O–H groups in total. The van der Waals surface area contributed by atoms with Crippen molar-refractivity contribution in [2.24, 2.45) is 0 Å². The van der Waals surface area contributed by atoms with Gasteiger partial charge >= 0.3 is 0 Å². The molecule has 2 rings (SSSR count). The Morgan fingerprint density at radius 1 is 1.40 bits per heavy atom. The van der Waals surface area contributed by atoms with E-state index in [1.165, 1.54) is 23.2 Å². The number of halogens is 2. The highest BCUT2D eigenvalue weighted by Gasteiger charge is 2.18. The third kappa shape index (κ3) is 6.00. The Balaban J connectivity index is 0.00000288. The molecule has 0 aliphatic carbocycles. The number of rotatable bonds is 7. The summed E-state index contributed by atoms with van der Waals surface area (Å²) < 4.78 is 1.53. The Kier molecular flexibility index (Phi) is 9.73. The molecular weight excluding hydrogens is 369 g/mol. The molecule has 8 nitrogen and oxygen atoms in total. The van der Waals surface area contributed by atoms with E-state index in [-0.39, 0.29) is 48.0 Å². The Hall–Kier alpha value is -2.16. The predicted octanol–water partition coefficient (Wildman–Crippen LogP) is 2.35. The number of hydrogen-bond acceptors (Lipinski definition) is 5. The number of nitrogens with zero attached hydrogens (tertiary/aromatic N) is 3. The number of nitro groups is 1. The van der Waals surface area contributed by atoms with Gasteiger partial charge in [0.15, 0.2) is 0 Å². The van der Waals surface area contributed by atoms with Crippen LogP contribution in [0.3, 0.4) is 0 Å². The van der Waals surface area contributed by atoms with Crippen molar-refractivity contribution in [2.45, 2.75) is 19.9 Å². The van der Waals surface area contributed by atoms with Crippen LogP contribution in [0.4, 0.5) is 5.69 Å². The van der Waals surface area contributed by atoms with E-state index < -0.39 is 4.92 Å². The van der Waals surface area contributed by atoms with Crippen LogP contribution in [-0.2, 0) is 0 Å². The van der Waals surface area contributed by atoms with E-state index in [0.717, 1.165) is 6.54 Å². The van der Waals surface area contributed by atoms with Gasteiger partial charge in [-0.15, -0.1) is 24.8 Å². The first-order chi connectivity index (χ1) is 11.0. The lowest BCUT2D eigenvalue weighted by atomic mass is 10.1. The van der Waals surface area contributed by atoms with Crippen LogP contribution in [0.15, 0.2) is 36.9 Å². The van der Waals surface area contributed by atoms with E-state index >= 15 is 0 Å². The zero-order chi connectivity index (χ0) is 16.8.